The predicted octanol–water partition coefficient (Wildman–Crippen LogP) is 15.7. The molecule has 0 saturated carbocycles. The van der Waals surface area contributed by atoms with Gasteiger partial charge in [0.25, 0.3) is 0 Å². The van der Waals surface area contributed by atoms with Gasteiger partial charge in [-0.15, -0.1) is 0 Å². The highest BCUT2D eigenvalue weighted by atomic mass is 19.1. The first kappa shape index (κ1) is 71.1. The summed E-state index contributed by atoms with van der Waals surface area (Å²) >= 11 is 0. The van der Waals surface area contributed by atoms with Crippen LogP contribution >= 0.6 is 0 Å². The highest BCUT2D eigenvalue weighted by molar-refractivity contribution is 5.85. The summed E-state index contributed by atoms with van der Waals surface area (Å²) in [6, 6.07) is 23.6. The molecule has 3 atom stereocenters. The lowest BCUT2D eigenvalue weighted by atomic mass is 9.63. The van der Waals surface area contributed by atoms with Gasteiger partial charge in [0, 0.05) is 53.0 Å². The number of hydrogen-bond donors (Lipinski definition) is 1. The van der Waals surface area contributed by atoms with Gasteiger partial charge in [-0.1, -0.05) is 123 Å². The average Bonchev–Trinajstić information content (AvgIpc) is 0.953. The Balaban J connectivity index is 0.000000166. The van der Waals surface area contributed by atoms with Gasteiger partial charge in [0.15, 0.2) is 0 Å². The maximum absolute atomic E-state index is 14.3. The van der Waals surface area contributed by atoms with Crippen LogP contribution in [0.5, 0.6) is 0 Å². The quantitative estimate of drug-likeness (QED) is 0.180. The number of carbonyl (C=O) groups excluding carboxylic acids is 4. The Morgan fingerprint density at radius 1 is 0.559 bits per heavy atom. The van der Waals surface area contributed by atoms with E-state index in [1.54, 1.807) is 17.0 Å². The van der Waals surface area contributed by atoms with Crippen molar-refractivity contribution in [1.29, 1.82) is 0 Å². The molecule has 9 aliphatic rings. The molecular weight excluding hydrogens is 1160 g/mol. The molecule has 516 valence electrons. The number of likely N-dealkylation sites (tertiary alicyclic amines) is 5. The third-order valence-electron chi connectivity index (χ3n) is 23.8. The van der Waals surface area contributed by atoms with Crippen molar-refractivity contribution >= 4 is 23.6 Å². The minimum Gasteiger partial charge on any atom is -0.381 e. The number of halogens is 1. The van der Waals surface area contributed by atoms with E-state index in [0.29, 0.717) is 47.0 Å². The van der Waals surface area contributed by atoms with Gasteiger partial charge >= 0.3 is 0 Å². The Morgan fingerprint density at radius 3 is 1.60 bits per heavy atom. The topological polar surface area (TPSA) is 109 Å². The molecule has 0 radical (unpaired) electrons. The number of ether oxygens (including phenoxy) is 1. The molecule has 0 aromatic heterocycles. The lowest BCUT2D eigenvalue weighted by Gasteiger charge is -2.49. The van der Waals surface area contributed by atoms with Crippen LogP contribution in [-0.2, 0) is 40.2 Å². The fourth-order valence-corrected chi connectivity index (χ4v) is 17.7. The largest absolute Gasteiger partial charge is 0.381 e. The van der Waals surface area contributed by atoms with Crippen molar-refractivity contribution in [3.63, 3.8) is 0 Å². The summed E-state index contributed by atoms with van der Waals surface area (Å²) < 4.78 is 19.8. The number of nitrogens with zero attached hydrogens (tertiary/aromatic N) is 6. The maximum Gasteiger partial charge on any atom is 0.240 e. The third-order valence-corrected chi connectivity index (χ3v) is 23.8. The van der Waals surface area contributed by atoms with Gasteiger partial charge in [0.2, 0.25) is 23.6 Å². The molecule has 6 fully saturated rings. The summed E-state index contributed by atoms with van der Waals surface area (Å²) in [6.45, 7) is 37.6. The molecular formula is C80H124FN7O5. The van der Waals surface area contributed by atoms with Crippen molar-refractivity contribution in [2.45, 2.75) is 251 Å². The second kappa shape index (κ2) is 30.8. The van der Waals surface area contributed by atoms with Crippen molar-refractivity contribution in [2.24, 2.45) is 22.2 Å². The predicted molar refractivity (Wildman–Crippen MR) is 377 cm³/mol. The Labute approximate surface area is 563 Å². The van der Waals surface area contributed by atoms with Gasteiger partial charge < -0.3 is 39.5 Å². The monoisotopic (exact) mass is 1280 g/mol. The van der Waals surface area contributed by atoms with Crippen molar-refractivity contribution in [3.8, 4) is 0 Å². The summed E-state index contributed by atoms with van der Waals surface area (Å²) in [7, 11) is 0. The molecule has 3 aromatic carbocycles. The van der Waals surface area contributed by atoms with E-state index in [0.717, 1.165) is 129 Å². The molecule has 12 nitrogen and oxygen atoms in total. The first-order valence-corrected chi connectivity index (χ1v) is 37.3. The zero-order chi connectivity index (χ0) is 66.2. The second-order valence-corrected chi connectivity index (χ2v) is 33.8. The van der Waals surface area contributed by atoms with Gasteiger partial charge in [-0.05, 0) is 272 Å². The van der Waals surface area contributed by atoms with E-state index in [1.807, 2.05) is 6.07 Å². The minimum atomic E-state index is -0.137. The van der Waals surface area contributed by atoms with E-state index in [9.17, 15) is 23.6 Å². The first-order chi connectivity index (χ1) is 44.4. The Morgan fingerprint density at radius 2 is 1.06 bits per heavy atom. The fraction of sp³-hybridized carbons (Fsp3) is 0.725. The lowest BCUT2D eigenvalue weighted by Crippen LogP contribution is -2.48. The summed E-state index contributed by atoms with van der Waals surface area (Å²) in [4.78, 5) is 65.0. The van der Waals surface area contributed by atoms with Crippen LogP contribution < -0.4 is 5.32 Å². The number of amides is 4. The van der Waals surface area contributed by atoms with E-state index in [1.165, 1.54) is 124 Å². The molecule has 6 heterocycles. The van der Waals surface area contributed by atoms with E-state index in [2.05, 4.69) is 148 Å². The van der Waals surface area contributed by atoms with E-state index >= 15 is 0 Å². The van der Waals surface area contributed by atoms with Crippen LogP contribution in [0.3, 0.4) is 0 Å². The normalized spacial score (nSPS) is 24.4. The van der Waals surface area contributed by atoms with Crippen LogP contribution in [0.1, 0.15) is 270 Å². The number of nitrogens with one attached hydrogen (secondary N) is 1. The molecule has 0 bridgehead atoms. The van der Waals surface area contributed by atoms with Gasteiger partial charge in [-0.25, -0.2) is 4.39 Å². The molecule has 93 heavy (non-hydrogen) atoms. The van der Waals surface area contributed by atoms with Crippen molar-refractivity contribution in [1.82, 2.24) is 34.7 Å². The Hall–Kier alpha value is -4.69. The molecule has 13 heteroatoms. The zero-order valence-electron chi connectivity index (χ0n) is 59.6. The van der Waals surface area contributed by atoms with Gasteiger partial charge in [0.05, 0.1) is 24.7 Å². The van der Waals surface area contributed by atoms with Crippen LogP contribution in [0.25, 0.3) is 0 Å². The molecule has 0 unspecified atom stereocenters. The van der Waals surface area contributed by atoms with Crippen LogP contribution in [0, 0.1) is 28.0 Å². The molecule has 6 saturated heterocycles. The van der Waals surface area contributed by atoms with Crippen molar-refractivity contribution in [2.75, 3.05) is 98.3 Å². The van der Waals surface area contributed by atoms with E-state index < -0.39 is 0 Å². The Bertz CT molecular complexity index is 2970. The SMILES string of the molecule is CC(C)(C)CCN1CCC2(CC[C@@H](N3CCCC3=O)c3ccc(F)cc32)CC1.CC(C)(C)CCN1CCC2(CC[C@@H](NC(=O)CN3CCCCCC3=O)c3ccccc32)CC1.CCN(C(=O)C1CCOCC1)[C@H]1CCC2(CCN(CCC(C)(C)C)CC2)c2ccccc21.[HH]. The highest BCUT2D eigenvalue weighted by Gasteiger charge is 2.47. The number of piperidine rings is 3. The lowest BCUT2D eigenvalue weighted by molar-refractivity contribution is -0.141. The van der Waals surface area contributed by atoms with Gasteiger partial charge in [0.1, 0.15) is 5.82 Å². The van der Waals surface area contributed by atoms with Crippen molar-refractivity contribution < 1.29 is 29.7 Å². The summed E-state index contributed by atoms with van der Waals surface area (Å²) in [5, 5.41) is 3.29. The number of rotatable bonds is 13. The van der Waals surface area contributed by atoms with E-state index in [4.69, 9.17) is 4.74 Å². The third kappa shape index (κ3) is 17.9. The smallest absolute Gasteiger partial charge is 0.240 e. The number of benzene rings is 3. The zero-order valence-corrected chi connectivity index (χ0v) is 59.6. The van der Waals surface area contributed by atoms with E-state index in [-0.39, 0.29) is 66.4 Å². The van der Waals surface area contributed by atoms with Crippen LogP contribution in [-0.4, -0.2) is 151 Å². The standard InChI is InChI=1S/C28H43N3O2.C28H44N2O2.C24H35FN2O.H2/c1-27(2,3)14-18-30-19-15-28(16-20-30)13-12-24(22-9-6-7-10-23(22)28)29-25(32)21-31-17-8-4-5-11-26(31)33;1-5-30(26(31)22-11-20-32-21-12-22)25-10-13-28(24-9-7-6-8-23(24)25)15-18-29(19-16-28)17-14-27(2,3)4;1-23(2,3)10-14-26-15-11-24(12-16-26)9-8-21(27-13-4-5-22(27)28)19-7-6-18(25)17-20(19)24;/h6-7,9-10,24H,4-5,8,11-21H2,1-3H3,(H,29,32);6-9,22,25H,5,10-21H2,1-4H3;6-7,17,21H,4-5,8-16H2,1-3H3;1H/t24-;25-;21-;/m101./s1. The van der Waals surface area contributed by atoms with Crippen molar-refractivity contribution in [3.05, 3.63) is 106 Å². The number of hydrogen-bond acceptors (Lipinski definition) is 8. The van der Waals surface area contributed by atoms with Gasteiger partial charge in [-0.3, -0.25) is 19.2 Å². The summed E-state index contributed by atoms with van der Waals surface area (Å²) in [5.41, 5.74) is 9.89. The Kier molecular flexibility index (Phi) is 23.5. The highest BCUT2D eigenvalue weighted by Crippen LogP contribution is 2.53. The average molecular weight is 1280 g/mol. The molecule has 3 aromatic rings. The molecule has 3 aliphatic carbocycles. The minimum absolute atomic E-state index is 0. The van der Waals surface area contributed by atoms with Crippen LogP contribution in [0.4, 0.5) is 4.39 Å². The summed E-state index contributed by atoms with van der Waals surface area (Å²) in [6.07, 6.45) is 24.3. The van der Waals surface area contributed by atoms with Crippen LogP contribution in [0.15, 0.2) is 66.7 Å². The maximum atomic E-state index is 14.3. The first-order valence-electron chi connectivity index (χ1n) is 37.3. The number of fused-ring (bicyclic) bond motifs is 6. The number of carbonyl (C=O) groups is 4. The molecule has 3 spiro atoms. The molecule has 12 rings (SSSR count). The molecule has 6 aliphatic heterocycles. The summed E-state index contributed by atoms with van der Waals surface area (Å²) in [5.74, 6) is 0.734. The second-order valence-electron chi connectivity index (χ2n) is 33.8. The fourth-order valence-electron chi connectivity index (χ4n) is 17.7. The van der Waals surface area contributed by atoms with Gasteiger partial charge in [-0.2, -0.15) is 0 Å². The molecule has 1 N–H and O–H groups in total. The van der Waals surface area contributed by atoms with Crippen LogP contribution in [0.2, 0.25) is 0 Å². The molecule has 4 amide bonds.